The highest BCUT2D eigenvalue weighted by atomic mass is 35.5. The molecule has 0 aliphatic carbocycles. The molecule has 1 aromatic carbocycles. The standard InChI is InChI=1S/C23H24ClNO3/c1-5-15(3)19(24)12-16(4)22-18(6-2)21(20(13-26)25-22)23(27)28-14-17-10-8-7-9-11-17/h5,7-13,25H,1,6,14H2,2-4H3/b16-12+,19-15+. The normalized spacial score (nSPS) is 12.4. The number of aromatic amines is 1. The molecule has 0 bridgehead atoms. The van der Waals surface area contributed by atoms with Crippen LogP contribution < -0.4 is 0 Å². The van der Waals surface area contributed by atoms with Crippen molar-refractivity contribution < 1.29 is 14.3 Å². The number of benzene rings is 1. The number of esters is 1. The molecule has 0 amide bonds. The molecule has 0 fully saturated rings. The van der Waals surface area contributed by atoms with Gasteiger partial charge in [0.25, 0.3) is 0 Å². The van der Waals surface area contributed by atoms with E-state index in [4.69, 9.17) is 16.3 Å². The number of rotatable bonds is 8. The van der Waals surface area contributed by atoms with Gasteiger partial charge in [-0.2, -0.15) is 0 Å². The highest BCUT2D eigenvalue weighted by molar-refractivity contribution is 6.32. The van der Waals surface area contributed by atoms with E-state index in [0.29, 0.717) is 23.4 Å². The maximum absolute atomic E-state index is 12.7. The minimum Gasteiger partial charge on any atom is -0.457 e. The van der Waals surface area contributed by atoms with Gasteiger partial charge in [-0.15, -0.1) is 0 Å². The minimum absolute atomic E-state index is 0.142. The first-order valence-electron chi connectivity index (χ1n) is 9.01. The fourth-order valence-electron chi connectivity index (χ4n) is 2.84. The van der Waals surface area contributed by atoms with Crippen LogP contribution in [-0.4, -0.2) is 17.2 Å². The lowest BCUT2D eigenvalue weighted by Gasteiger charge is -2.08. The smallest absolute Gasteiger partial charge is 0.341 e. The summed E-state index contributed by atoms with van der Waals surface area (Å²) >= 11 is 6.29. The van der Waals surface area contributed by atoms with Crippen LogP contribution in [-0.2, 0) is 17.8 Å². The lowest BCUT2D eigenvalue weighted by Crippen LogP contribution is -2.09. The van der Waals surface area contributed by atoms with Crippen molar-refractivity contribution >= 4 is 29.4 Å². The van der Waals surface area contributed by atoms with E-state index in [1.807, 2.05) is 51.1 Å². The molecular weight excluding hydrogens is 374 g/mol. The summed E-state index contributed by atoms with van der Waals surface area (Å²) in [7, 11) is 0. The molecule has 2 rings (SSSR count). The van der Waals surface area contributed by atoms with Crippen molar-refractivity contribution in [2.75, 3.05) is 0 Å². The van der Waals surface area contributed by atoms with E-state index in [9.17, 15) is 9.59 Å². The second-order valence-corrected chi connectivity index (χ2v) is 6.77. The van der Waals surface area contributed by atoms with E-state index in [1.54, 1.807) is 12.2 Å². The molecule has 0 spiro atoms. The fraction of sp³-hybridized carbons (Fsp3) is 0.217. The highest BCUT2D eigenvalue weighted by Crippen LogP contribution is 2.28. The molecule has 0 atom stereocenters. The van der Waals surface area contributed by atoms with Gasteiger partial charge >= 0.3 is 5.97 Å². The van der Waals surface area contributed by atoms with Gasteiger partial charge < -0.3 is 9.72 Å². The van der Waals surface area contributed by atoms with Gasteiger partial charge in [-0.1, -0.05) is 61.5 Å². The van der Waals surface area contributed by atoms with Crippen molar-refractivity contribution in [3.8, 4) is 0 Å². The Morgan fingerprint density at radius 3 is 2.50 bits per heavy atom. The molecule has 1 heterocycles. The Labute approximate surface area is 170 Å². The van der Waals surface area contributed by atoms with Crippen LogP contribution in [0.1, 0.15) is 58.4 Å². The molecule has 146 valence electrons. The molecule has 0 aliphatic rings. The van der Waals surface area contributed by atoms with E-state index < -0.39 is 5.97 Å². The van der Waals surface area contributed by atoms with Crippen LogP contribution in [0, 0.1) is 0 Å². The molecule has 0 unspecified atom stereocenters. The lowest BCUT2D eigenvalue weighted by molar-refractivity contribution is 0.0470. The molecule has 0 radical (unpaired) electrons. The number of nitrogens with one attached hydrogen (secondary N) is 1. The predicted molar refractivity (Wildman–Crippen MR) is 114 cm³/mol. The lowest BCUT2D eigenvalue weighted by atomic mass is 10.0. The summed E-state index contributed by atoms with van der Waals surface area (Å²) in [4.78, 5) is 27.3. The third-order valence-electron chi connectivity index (χ3n) is 4.44. The second kappa shape index (κ2) is 9.90. The summed E-state index contributed by atoms with van der Waals surface area (Å²) < 4.78 is 5.44. The molecule has 0 saturated heterocycles. The molecule has 2 aromatic rings. The molecule has 1 aromatic heterocycles. The fourth-order valence-corrected chi connectivity index (χ4v) is 3.08. The summed E-state index contributed by atoms with van der Waals surface area (Å²) in [6, 6.07) is 9.40. The largest absolute Gasteiger partial charge is 0.457 e. The Kier molecular flexibility index (Phi) is 7.59. The van der Waals surface area contributed by atoms with E-state index in [2.05, 4.69) is 11.6 Å². The Bertz CT molecular complexity index is 936. The zero-order valence-corrected chi connectivity index (χ0v) is 17.1. The van der Waals surface area contributed by atoms with Crippen molar-refractivity contribution in [3.63, 3.8) is 0 Å². The minimum atomic E-state index is -0.526. The number of allylic oxidation sites excluding steroid dienone is 5. The Morgan fingerprint density at radius 2 is 1.93 bits per heavy atom. The summed E-state index contributed by atoms with van der Waals surface area (Å²) in [6.45, 7) is 9.51. The first-order chi connectivity index (χ1) is 13.4. The summed E-state index contributed by atoms with van der Waals surface area (Å²) in [6.07, 6.45) is 4.66. The van der Waals surface area contributed by atoms with Gasteiger partial charge in [-0.25, -0.2) is 4.79 Å². The van der Waals surface area contributed by atoms with E-state index >= 15 is 0 Å². The number of aromatic nitrogens is 1. The number of aldehydes is 1. The zero-order valence-electron chi connectivity index (χ0n) is 16.3. The van der Waals surface area contributed by atoms with Gasteiger partial charge in [0.05, 0.1) is 11.3 Å². The summed E-state index contributed by atoms with van der Waals surface area (Å²) in [5.74, 6) is -0.526. The topological polar surface area (TPSA) is 59.2 Å². The van der Waals surface area contributed by atoms with E-state index in [1.165, 1.54) is 0 Å². The molecule has 0 saturated carbocycles. The highest BCUT2D eigenvalue weighted by Gasteiger charge is 2.24. The molecule has 4 nitrogen and oxygen atoms in total. The second-order valence-electron chi connectivity index (χ2n) is 6.36. The summed E-state index contributed by atoms with van der Waals surface area (Å²) in [5.41, 5.74) is 4.44. The number of H-pyrrole nitrogens is 1. The molecule has 0 aliphatic heterocycles. The van der Waals surface area contributed by atoms with Crippen LogP contribution in [0.3, 0.4) is 0 Å². The average molecular weight is 398 g/mol. The van der Waals surface area contributed by atoms with Crippen molar-refractivity contribution in [2.24, 2.45) is 0 Å². The molecular formula is C23H24ClNO3. The monoisotopic (exact) mass is 397 g/mol. The molecule has 1 N–H and O–H groups in total. The van der Waals surface area contributed by atoms with Crippen molar-refractivity contribution in [1.82, 2.24) is 4.98 Å². The molecule has 5 heteroatoms. The van der Waals surface area contributed by atoms with Gasteiger partial charge in [0.2, 0.25) is 0 Å². The SMILES string of the molecule is C=C/C(C)=C(Cl)\C=C(/C)c1[nH]c(C=O)c(C(=O)OCc2ccccc2)c1CC. The average Bonchev–Trinajstić information content (AvgIpc) is 3.10. The van der Waals surface area contributed by atoms with Crippen LogP contribution in [0.15, 0.2) is 59.7 Å². The number of carbonyl (C=O) groups excluding carboxylic acids is 2. The van der Waals surface area contributed by atoms with Gasteiger partial charge in [0.1, 0.15) is 6.61 Å². The van der Waals surface area contributed by atoms with Gasteiger partial charge in [-0.3, -0.25) is 4.79 Å². The summed E-state index contributed by atoms with van der Waals surface area (Å²) in [5, 5.41) is 0.546. The molecule has 28 heavy (non-hydrogen) atoms. The zero-order chi connectivity index (χ0) is 20.7. The van der Waals surface area contributed by atoms with Gasteiger partial charge in [0.15, 0.2) is 6.29 Å². The number of halogens is 1. The van der Waals surface area contributed by atoms with E-state index in [-0.39, 0.29) is 17.9 Å². The van der Waals surface area contributed by atoms with Gasteiger partial charge in [-0.05, 0) is 48.6 Å². The third-order valence-corrected chi connectivity index (χ3v) is 4.85. The Morgan fingerprint density at radius 1 is 1.25 bits per heavy atom. The van der Waals surface area contributed by atoms with Crippen LogP contribution in [0.5, 0.6) is 0 Å². The quantitative estimate of drug-likeness (QED) is 0.345. The Hall–Kier alpha value is -2.85. The van der Waals surface area contributed by atoms with Crippen LogP contribution in [0.25, 0.3) is 5.57 Å². The van der Waals surface area contributed by atoms with Crippen molar-refractivity contribution in [2.45, 2.75) is 33.8 Å². The maximum Gasteiger partial charge on any atom is 0.341 e. The third kappa shape index (κ3) is 4.90. The number of hydrogen-bond donors (Lipinski definition) is 1. The van der Waals surface area contributed by atoms with Crippen LogP contribution in [0.4, 0.5) is 0 Å². The maximum atomic E-state index is 12.7. The number of carbonyl (C=O) groups is 2. The van der Waals surface area contributed by atoms with E-state index in [0.717, 1.165) is 22.3 Å². The van der Waals surface area contributed by atoms with Crippen molar-refractivity contribution in [3.05, 3.63) is 87.7 Å². The predicted octanol–water partition coefficient (Wildman–Crippen LogP) is 5.85. The van der Waals surface area contributed by atoms with Crippen LogP contribution >= 0.6 is 11.6 Å². The van der Waals surface area contributed by atoms with Gasteiger partial charge in [0, 0.05) is 10.7 Å². The number of hydrogen-bond acceptors (Lipinski definition) is 3. The number of ether oxygens (including phenoxy) is 1. The Balaban J connectivity index is 2.40. The first-order valence-corrected chi connectivity index (χ1v) is 9.39. The van der Waals surface area contributed by atoms with Crippen LogP contribution in [0.2, 0.25) is 0 Å². The first kappa shape index (κ1) is 21.5. The van der Waals surface area contributed by atoms with Crippen molar-refractivity contribution in [1.29, 1.82) is 0 Å².